The van der Waals surface area contributed by atoms with Gasteiger partial charge in [-0.25, -0.2) is 4.98 Å². The van der Waals surface area contributed by atoms with Gasteiger partial charge in [0.15, 0.2) is 0 Å². The molecule has 1 heterocycles. The van der Waals surface area contributed by atoms with Crippen LogP contribution in [-0.4, -0.2) is 10.9 Å². The van der Waals surface area contributed by atoms with Crippen LogP contribution in [-0.2, 0) is 0 Å². The minimum absolute atomic E-state index is 0.0145. The van der Waals surface area contributed by atoms with Gasteiger partial charge >= 0.3 is 0 Å². The summed E-state index contributed by atoms with van der Waals surface area (Å²) >= 11 is 5.81. The van der Waals surface area contributed by atoms with Crippen molar-refractivity contribution in [2.24, 2.45) is 0 Å². The quantitative estimate of drug-likeness (QED) is 0.845. The number of nitrogens with zero attached hydrogens (tertiary/aromatic N) is 1. The Hall–Kier alpha value is -1.87. The first-order chi connectivity index (χ1) is 9.70. The zero-order valence-electron chi connectivity index (χ0n) is 11.3. The van der Waals surface area contributed by atoms with Crippen LogP contribution in [0.25, 0.3) is 0 Å². The molecule has 2 aromatic rings. The number of halogens is 1. The molecule has 0 radical (unpaired) electrons. The summed E-state index contributed by atoms with van der Waals surface area (Å²) < 4.78 is 0. The van der Waals surface area contributed by atoms with Gasteiger partial charge < -0.3 is 5.32 Å². The minimum atomic E-state index is -0.128. The van der Waals surface area contributed by atoms with E-state index in [4.69, 9.17) is 11.6 Å². The Kier molecular flexibility index (Phi) is 5.13. The molecule has 3 nitrogen and oxygen atoms in total. The average molecular weight is 289 g/mol. The lowest BCUT2D eigenvalue weighted by Crippen LogP contribution is -2.28. The fourth-order valence-corrected chi connectivity index (χ4v) is 2.26. The van der Waals surface area contributed by atoms with Crippen molar-refractivity contribution < 1.29 is 4.79 Å². The van der Waals surface area contributed by atoms with E-state index in [1.165, 1.54) is 6.20 Å². The van der Waals surface area contributed by atoms with Gasteiger partial charge in [-0.15, -0.1) is 0 Å². The van der Waals surface area contributed by atoms with E-state index in [9.17, 15) is 4.79 Å². The Balaban J connectivity index is 2.14. The smallest absolute Gasteiger partial charge is 0.251 e. The molecule has 1 amide bonds. The zero-order valence-corrected chi connectivity index (χ0v) is 12.1. The molecule has 1 atom stereocenters. The number of hydrogen-bond donors (Lipinski definition) is 1. The molecule has 20 heavy (non-hydrogen) atoms. The van der Waals surface area contributed by atoms with Crippen LogP contribution in [0.3, 0.4) is 0 Å². The molecule has 0 fully saturated rings. The number of aromatic nitrogens is 1. The van der Waals surface area contributed by atoms with Gasteiger partial charge in [-0.2, -0.15) is 0 Å². The molecule has 0 saturated carbocycles. The molecule has 0 spiro atoms. The monoisotopic (exact) mass is 288 g/mol. The minimum Gasteiger partial charge on any atom is -0.345 e. The zero-order chi connectivity index (χ0) is 14.4. The predicted molar refractivity (Wildman–Crippen MR) is 80.8 cm³/mol. The molecule has 0 aliphatic rings. The fourth-order valence-electron chi connectivity index (χ4n) is 2.08. The number of nitrogens with one attached hydrogen (secondary N) is 1. The first-order valence-corrected chi connectivity index (χ1v) is 7.06. The maximum atomic E-state index is 12.3. The van der Waals surface area contributed by atoms with E-state index >= 15 is 0 Å². The summed E-state index contributed by atoms with van der Waals surface area (Å²) in [6.45, 7) is 2.10. The number of pyridine rings is 1. The van der Waals surface area contributed by atoms with Gasteiger partial charge in [-0.05, 0) is 24.1 Å². The summed E-state index contributed by atoms with van der Waals surface area (Å²) in [6, 6.07) is 13.2. The summed E-state index contributed by atoms with van der Waals surface area (Å²) in [5.41, 5.74) is 1.64. The highest BCUT2D eigenvalue weighted by molar-refractivity contribution is 6.29. The van der Waals surface area contributed by atoms with Gasteiger partial charge in [0.05, 0.1) is 6.04 Å². The number of carbonyl (C=O) groups is 1. The number of hydrogen-bond acceptors (Lipinski definition) is 2. The van der Waals surface area contributed by atoms with E-state index in [-0.39, 0.29) is 11.9 Å². The number of benzene rings is 1. The summed E-state index contributed by atoms with van der Waals surface area (Å²) in [7, 11) is 0. The second kappa shape index (κ2) is 7.06. The Labute approximate surface area is 124 Å². The van der Waals surface area contributed by atoms with Crippen LogP contribution in [0.5, 0.6) is 0 Å². The van der Waals surface area contributed by atoms with Crippen LogP contribution < -0.4 is 5.32 Å². The van der Waals surface area contributed by atoms with Crippen LogP contribution in [0.15, 0.2) is 48.7 Å². The molecule has 0 unspecified atom stereocenters. The Morgan fingerprint density at radius 3 is 2.70 bits per heavy atom. The van der Waals surface area contributed by atoms with E-state index in [0.29, 0.717) is 10.7 Å². The summed E-state index contributed by atoms with van der Waals surface area (Å²) in [5.74, 6) is -0.128. The highest BCUT2D eigenvalue weighted by Crippen LogP contribution is 2.19. The third kappa shape index (κ3) is 3.81. The molecule has 104 valence electrons. The normalized spacial score (nSPS) is 11.9. The van der Waals surface area contributed by atoms with Crippen molar-refractivity contribution >= 4 is 17.5 Å². The van der Waals surface area contributed by atoms with Gasteiger partial charge in [0.1, 0.15) is 5.15 Å². The van der Waals surface area contributed by atoms with Crippen LogP contribution in [0.1, 0.15) is 41.7 Å². The molecule has 1 N–H and O–H groups in total. The number of carbonyl (C=O) groups excluding carboxylic acids is 1. The van der Waals surface area contributed by atoms with E-state index in [0.717, 1.165) is 18.4 Å². The van der Waals surface area contributed by atoms with Gasteiger partial charge in [0.2, 0.25) is 0 Å². The number of amides is 1. The molecule has 0 saturated heterocycles. The van der Waals surface area contributed by atoms with Crippen LogP contribution >= 0.6 is 11.6 Å². The molecule has 0 aliphatic heterocycles. The SMILES string of the molecule is CCC[C@@H](NC(=O)c1ccnc(Cl)c1)c1ccccc1. The van der Waals surface area contributed by atoms with Crippen LogP contribution in [0, 0.1) is 0 Å². The van der Waals surface area contributed by atoms with Gasteiger partial charge in [0.25, 0.3) is 5.91 Å². The Bertz CT molecular complexity index is 572. The lowest BCUT2D eigenvalue weighted by molar-refractivity contribution is 0.0934. The van der Waals surface area contributed by atoms with Crippen molar-refractivity contribution in [1.29, 1.82) is 0 Å². The van der Waals surface area contributed by atoms with Crippen LogP contribution in [0.2, 0.25) is 5.15 Å². The van der Waals surface area contributed by atoms with Crippen molar-refractivity contribution in [1.82, 2.24) is 10.3 Å². The van der Waals surface area contributed by atoms with Gasteiger partial charge in [-0.3, -0.25) is 4.79 Å². The molecule has 1 aromatic heterocycles. The van der Waals surface area contributed by atoms with Crippen molar-refractivity contribution in [2.75, 3.05) is 0 Å². The molecular weight excluding hydrogens is 272 g/mol. The molecular formula is C16H17ClN2O. The number of rotatable bonds is 5. The lowest BCUT2D eigenvalue weighted by Gasteiger charge is -2.18. The van der Waals surface area contributed by atoms with E-state index < -0.39 is 0 Å². The second-order valence-electron chi connectivity index (χ2n) is 4.59. The summed E-state index contributed by atoms with van der Waals surface area (Å²) in [4.78, 5) is 16.1. The van der Waals surface area contributed by atoms with Gasteiger partial charge in [-0.1, -0.05) is 55.3 Å². The van der Waals surface area contributed by atoms with Gasteiger partial charge in [0, 0.05) is 11.8 Å². The fraction of sp³-hybridized carbons (Fsp3) is 0.250. The Morgan fingerprint density at radius 1 is 1.30 bits per heavy atom. The summed E-state index contributed by atoms with van der Waals surface area (Å²) in [5, 5.41) is 3.38. The maximum absolute atomic E-state index is 12.3. The van der Waals surface area contributed by atoms with Crippen molar-refractivity contribution in [3.8, 4) is 0 Å². The van der Waals surface area contributed by atoms with E-state index in [1.807, 2.05) is 30.3 Å². The summed E-state index contributed by atoms with van der Waals surface area (Å²) in [6.07, 6.45) is 3.43. The lowest BCUT2D eigenvalue weighted by atomic mass is 10.0. The van der Waals surface area contributed by atoms with Crippen molar-refractivity contribution in [3.05, 3.63) is 64.9 Å². The maximum Gasteiger partial charge on any atom is 0.251 e. The predicted octanol–water partition coefficient (Wildman–Crippen LogP) is 4.01. The molecule has 2 rings (SSSR count). The second-order valence-corrected chi connectivity index (χ2v) is 4.98. The van der Waals surface area contributed by atoms with Crippen molar-refractivity contribution in [2.45, 2.75) is 25.8 Å². The van der Waals surface area contributed by atoms with E-state index in [1.54, 1.807) is 12.1 Å². The van der Waals surface area contributed by atoms with Crippen molar-refractivity contribution in [3.63, 3.8) is 0 Å². The molecule has 0 bridgehead atoms. The largest absolute Gasteiger partial charge is 0.345 e. The van der Waals surface area contributed by atoms with E-state index in [2.05, 4.69) is 17.2 Å². The topological polar surface area (TPSA) is 42.0 Å². The first kappa shape index (κ1) is 14.5. The third-order valence-electron chi connectivity index (χ3n) is 3.07. The average Bonchev–Trinajstić information content (AvgIpc) is 2.47. The standard InChI is InChI=1S/C16H17ClN2O/c1-2-6-14(12-7-4-3-5-8-12)19-16(20)13-9-10-18-15(17)11-13/h3-5,7-11,14H,2,6H2,1H3,(H,19,20)/t14-/m1/s1. The Morgan fingerprint density at radius 2 is 2.05 bits per heavy atom. The first-order valence-electron chi connectivity index (χ1n) is 6.68. The van der Waals surface area contributed by atoms with Crippen LogP contribution in [0.4, 0.5) is 0 Å². The molecule has 0 aliphatic carbocycles. The highest BCUT2D eigenvalue weighted by Gasteiger charge is 2.15. The highest BCUT2D eigenvalue weighted by atomic mass is 35.5. The molecule has 1 aromatic carbocycles. The molecule has 4 heteroatoms. The third-order valence-corrected chi connectivity index (χ3v) is 3.28.